The normalized spacial score (nSPS) is 11.3. The van der Waals surface area contributed by atoms with E-state index < -0.39 is 10.8 Å². The standard InChI is InChI=1S/C20H10BrCl2N3O5/c21-11-1-3-17-10(5-11)6-19(31-17)20(27)25-24-9-12-2-4-18(30-12)13-7-16(26(28)29)15(23)8-14(13)22/h1-9H,(H,25,27)/b24-9+. The second-order valence-corrected chi connectivity index (χ2v) is 7.96. The summed E-state index contributed by atoms with van der Waals surface area (Å²) in [5.41, 5.74) is 2.93. The molecule has 0 aliphatic heterocycles. The monoisotopic (exact) mass is 521 g/mol. The number of amides is 1. The number of furan rings is 2. The van der Waals surface area contributed by atoms with Crippen LogP contribution in [0.15, 0.2) is 66.9 Å². The molecule has 0 saturated carbocycles. The molecule has 2 heterocycles. The Hall–Kier alpha value is -3.14. The summed E-state index contributed by atoms with van der Waals surface area (Å²) in [5.74, 6) is 0.135. The summed E-state index contributed by atoms with van der Waals surface area (Å²) in [6, 6.07) is 12.6. The molecule has 8 nitrogen and oxygen atoms in total. The Morgan fingerprint density at radius 3 is 2.68 bits per heavy atom. The van der Waals surface area contributed by atoms with Crippen LogP contribution in [-0.2, 0) is 0 Å². The second-order valence-electron chi connectivity index (χ2n) is 6.23. The smallest absolute Gasteiger partial charge is 0.307 e. The van der Waals surface area contributed by atoms with Crippen molar-refractivity contribution in [1.82, 2.24) is 5.43 Å². The fourth-order valence-corrected chi connectivity index (χ4v) is 3.69. The van der Waals surface area contributed by atoms with E-state index in [2.05, 4.69) is 26.5 Å². The average Bonchev–Trinajstić information content (AvgIpc) is 3.34. The van der Waals surface area contributed by atoms with Crippen LogP contribution in [-0.4, -0.2) is 17.0 Å². The van der Waals surface area contributed by atoms with E-state index in [0.717, 1.165) is 9.86 Å². The minimum atomic E-state index is -0.611. The van der Waals surface area contributed by atoms with Crippen molar-refractivity contribution in [1.29, 1.82) is 0 Å². The van der Waals surface area contributed by atoms with Gasteiger partial charge in [0.1, 0.15) is 22.1 Å². The minimum absolute atomic E-state index is 0.0762. The molecule has 1 N–H and O–H groups in total. The van der Waals surface area contributed by atoms with Crippen molar-refractivity contribution in [3.05, 3.63) is 84.7 Å². The molecule has 2 aromatic heterocycles. The Kier molecular flexibility index (Phi) is 5.81. The van der Waals surface area contributed by atoms with E-state index in [1.165, 1.54) is 18.3 Å². The van der Waals surface area contributed by atoms with E-state index >= 15 is 0 Å². The lowest BCUT2D eigenvalue weighted by Gasteiger charge is -2.02. The number of fused-ring (bicyclic) bond motifs is 1. The van der Waals surface area contributed by atoms with Crippen LogP contribution >= 0.6 is 39.1 Å². The number of halogens is 3. The van der Waals surface area contributed by atoms with Gasteiger partial charge >= 0.3 is 5.91 Å². The van der Waals surface area contributed by atoms with Gasteiger partial charge in [0.25, 0.3) is 5.69 Å². The van der Waals surface area contributed by atoms with E-state index in [9.17, 15) is 14.9 Å². The number of benzene rings is 2. The Labute approximate surface area is 192 Å². The maximum Gasteiger partial charge on any atom is 0.307 e. The zero-order valence-corrected chi connectivity index (χ0v) is 18.4. The highest BCUT2D eigenvalue weighted by Gasteiger charge is 2.19. The summed E-state index contributed by atoms with van der Waals surface area (Å²) < 4.78 is 12.0. The molecule has 0 saturated heterocycles. The number of hydrogen-bond acceptors (Lipinski definition) is 6. The van der Waals surface area contributed by atoms with Gasteiger partial charge in [-0.3, -0.25) is 14.9 Å². The van der Waals surface area contributed by atoms with Crippen LogP contribution < -0.4 is 5.43 Å². The van der Waals surface area contributed by atoms with E-state index in [4.69, 9.17) is 32.0 Å². The number of carbonyl (C=O) groups excluding carboxylic acids is 1. The number of hydrogen-bond donors (Lipinski definition) is 1. The van der Waals surface area contributed by atoms with Crippen molar-refractivity contribution < 1.29 is 18.6 Å². The van der Waals surface area contributed by atoms with Crippen molar-refractivity contribution in [2.24, 2.45) is 5.10 Å². The zero-order valence-electron chi connectivity index (χ0n) is 15.3. The molecule has 1 amide bonds. The Balaban J connectivity index is 1.49. The van der Waals surface area contributed by atoms with Gasteiger partial charge in [0.2, 0.25) is 0 Å². The molecule has 0 aliphatic rings. The number of nitro benzene ring substituents is 1. The molecule has 0 spiro atoms. The van der Waals surface area contributed by atoms with Gasteiger partial charge < -0.3 is 8.83 Å². The molecule has 0 aliphatic carbocycles. The van der Waals surface area contributed by atoms with Crippen LogP contribution in [0.4, 0.5) is 5.69 Å². The number of rotatable bonds is 5. The van der Waals surface area contributed by atoms with Crippen LogP contribution in [0.2, 0.25) is 10.0 Å². The largest absolute Gasteiger partial charge is 0.455 e. The molecule has 4 aromatic rings. The number of nitrogens with one attached hydrogen (secondary N) is 1. The predicted octanol–water partition coefficient (Wildman–Crippen LogP) is 6.43. The van der Waals surface area contributed by atoms with Crippen LogP contribution in [0.1, 0.15) is 16.3 Å². The fraction of sp³-hybridized carbons (Fsp3) is 0. The Morgan fingerprint density at radius 1 is 1.10 bits per heavy atom. The maximum atomic E-state index is 12.2. The molecule has 2 aromatic carbocycles. The van der Waals surface area contributed by atoms with Gasteiger partial charge in [-0.15, -0.1) is 0 Å². The molecule has 0 radical (unpaired) electrons. The SMILES string of the molecule is O=C(N/N=C/c1ccc(-c2cc([N+](=O)[O-])c(Cl)cc2Cl)o1)c1cc2cc(Br)ccc2o1. The van der Waals surface area contributed by atoms with Gasteiger partial charge in [-0.2, -0.15) is 5.10 Å². The first-order valence-electron chi connectivity index (χ1n) is 8.58. The van der Waals surface area contributed by atoms with E-state index in [-0.39, 0.29) is 33.0 Å². The molecule has 11 heteroatoms. The fourth-order valence-electron chi connectivity index (χ4n) is 2.77. The molecular weight excluding hydrogens is 513 g/mol. The lowest BCUT2D eigenvalue weighted by molar-refractivity contribution is -0.384. The zero-order chi connectivity index (χ0) is 22.1. The van der Waals surface area contributed by atoms with Crippen LogP contribution in [0, 0.1) is 10.1 Å². The third-order valence-electron chi connectivity index (χ3n) is 4.19. The predicted molar refractivity (Wildman–Crippen MR) is 120 cm³/mol. The third-order valence-corrected chi connectivity index (χ3v) is 5.29. The van der Waals surface area contributed by atoms with Crippen molar-refractivity contribution in [2.45, 2.75) is 0 Å². The van der Waals surface area contributed by atoms with Gasteiger partial charge in [-0.25, -0.2) is 5.43 Å². The summed E-state index contributed by atoms with van der Waals surface area (Å²) >= 11 is 15.3. The number of carbonyl (C=O) groups is 1. The quantitative estimate of drug-likeness (QED) is 0.184. The lowest BCUT2D eigenvalue weighted by Crippen LogP contribution is -2.16. The first-order chi connectivity index (χ1) is 14.8. The molecule has 0 fully saturated rings. The average molecular weight is 523 g/mol. The maximum absolute atomic E-state index is 12.2. The van der Waals surface area contributed by atoms with E-state index in [1.54, 1.807) is 24.3 Å². The van der Waals surface area contributed by atoms with Gasteiger partial charge in [-0.1, -0.05) is 39.1 Å². The van der Waals surface area contributed by atoms with Crippen molar-refractivity contribution >= 4 is 67.9 Å². The lowest BCUT2D eigenvalue weighted by atomic mass is 10.1. The first-order valence-corrected chi connectivity index (χ1v) is 10.1. The molecule has 156 valence electrons. The van der Waals surface area contributed by atoms with Crippen LogP contribution in [0.25, 0.3) is 22.3 Å². The molecular formula is C20H10BrCl2N3O5. The van der Waals surface area contributed by atoms with Crippen molar-refractivity contribution in [3.8, 4) is 11.3 Å². The number of nitro groups is 1. The van der Waals surface area contributed by atoms with Gasteiger partial charge in [0, 0.05) is 21.5 Å². The Morgan fingerprint density at radius 2 is 1.90 bits per heavy atom. The Bertz CT molecular complexity index is 1360. The van der Waals surface area contributed by atoms with E-state index in [0.29, 0.717) is 11.1 Å². The minimum Gasteiger partial charge on any atom is -0.455 e. The molecule has 0 atom stereocenters. The van der Waals surface area contributed by atoms with Gasteiger partial charge in [0.15, 0.2) is 5.76 Å². The first kappa shape index (κ1) is 21.1. The topological polar surface area (TPSA) is 111 Å². The van der Waals surface area contributed by atoms with E-state index in [1.807, 2.05) is 12.1 Å². The molecule has 0 bridgehead atoms. The van der Waals surface area contributed by atoms with Gasteiger partial charge in [0.05, 0.1) is 16.2 Å². The summed E-state index contributed by atoms with van der Waals surface area (Å²) in [5, 5.41) is 15.8. The highest BCUT2D eigenvalue weighted by molar-refractivity contribution is 9.10. The highest BCUT2D eigenvalue weighted by Crippen LogP contribution is 2.37. The highest BCUT2D eigenvalue weighted by atomic mass is 79.9. The second kappa shape index (κ2) is 8.54. The summed E-state index contributed by atoms with van der Waals surface area (Å²) in [4.78, 5) is 22.7. The third kappa shape index (κ3) is 4.48. The number of nitrogens with zero attached hydrogens (tertiary/aromatic N) is 2. The van der Waals surface area contributed by atoms with Crippen molar-refractivity contribution in [2.75, 3.05) is 0 Å². The molecule has 0 unspecified atom stereocenters. The van der Waals surface area contributed by atoms with Crippen molar-refractivity contribution in [3.63, 3.8) is 0 Å². The summed E-state index contributed by atoms with van der Waals surface area (Å²) in [7, 11) is 0. The van der Waals surface area contributed by atoms with Crippen LogP contribution in [0.3, 0.4) is 0 Å². The van der Waals surface area contributed by atoms with Gasteiger partial charge in [-0.05, 0) is 42.5 Å². The molecule has 4 rings (SSSR count). The number of hydrazone groups is 1. The summed E-state index contributed by atoms with van der Waals surface area (Å²) in [6.07, 6.45) is 1.28. The summed E-state index contributed by atoms with van der Waals surface area (Å²) in [6.45, 7) is 0. The van der Waals surface area contributed by atoms with Crippen LogP contribution in [0.5, 0.6) is 0 Å². The molecule has 31 heavy (non-hydrogen) atoms.